The summed E-state index contributed by atoms with van der Waals surface area (Å²) in [4.78, 5) is 24.1. The standard InChI is InChI=1S/C22H26IN3O4/c1-5-30-19-12-16(11-17(23)22(19)29-4)13-24-26-21(28)9-8-20(27)25-18-10-14(2)6-7-15(18)3/h6-7,10-13H,5,8-9H2,1-4H3,(H,25,27)(H,26,28). The summed E-state index contributed by atoms with van der Waals surface area (Å²) in [6, 6.07) is 9.50. The van der Waals surface area contributed by atoms with Crippen molar-refractivity contribution in [3.63, 3.8) is 0 Å². The molecule has 0 aliphatic heterocycles. The first-order chi connectivity index (χ1) is 14.3. The number of carbonyl (C=O) groups excluding carboxylic acids is 2. The molecule has 0 unspecified atom stereocenters. The molecular weight excluding hydrogens is 497 g/mol. The summed E-state index contributed by atoms with van der Waals surface area (Å²) in [5.41, 5.74) is 6.00. The van der Waals surface area contributed by atoms with Crippen molar-refractivity contribution in [2.45, 2.75) is 33.6 Å². The number of hydrogen-bond donors (Lipinski definition) is 2. The zero-order chi connectivity index (χ0) is 22.1. The highest BCUT2D eigenvalue weighted by Gasteiger charge is 2.11. The molecule has 2 aromatic carbocycles. The number of hydrogen-bond acceptors (Lipinski definition) is 5. The van der Waals surface area contributed by atoms with E-state index >= 15 is 0 Å². The molecule has 160 valence electrons. The molecule has 0 aliphatic rings. The van der Waals surface area contributed by atoms with E-state index in [1.54, 1.807) is 13.2 Å². The van der Waals surface area contributed by atoms with Crippen LogP contribution in [0.25, 0.3) is 0 Å². The van der Waals surface area contributed by atoms with Crippen LogP contribution in [0.5, 0.6) is 11.5 Å². The van der Waals surface area contributed by atoms with Gasteiger partial charge < -0.3 is 14.8 Å². The van der Waals surface area contributed by atoms with Crippen LogP contribution >= 0.6 is 22.6 Å². The second-order valence-electron chi connectivity index (χ2n) is 6.63. The Morgan fingerprint density at radius 1 is 1.13 bits per heavy atom. The predicted octanol–water partition coefficient (Wildman–Crippen LogP) is 4.18. The number of amides is 2. The van der Waals surface area contributed by atoms with Gasteiger partial charge in [0.15, 0.2) is 11.5 Å². The quantitative estimate of drug-likeness (QED) is 0.293. The molecule has 0 atom stereocenters. The van der Waals surface area contributed by atoms with E-state index in [0.717, 1.165) is 25.9 Å². The van der Waals surface area contributed by atoms with Gasteiger partial charge in [-0.1, -0.05) is 12.1 Å². The van der Waals surface area contributed by atoms with Crippen molar-refractivity contribution >= 4 is 46.3 Å². The number of benzene rings is 2. The van der Waals surface area contributed by atoms with Crippen LogP contribution in [0.4, 0.5) is 5.69 Å². The SMILES string of the molecule is CCOc1cc(C=NNC(=O)CCC(=O)Nc2cc(C)ccc2C)cc(I)c1OC. The van der Waals surface area contributed by atoms with Crippen LogP contribution in [0.2, 0.25) is 0 Å². The minimum absolute atomic E-state index is 0.0401. The van der Waals surface area contributed by atoms with Gasteiger partial charge in [0.1, 0.15) is 0 Å². The molecule has 2 N–H and O–H groups in total. The molecule has 2 rings (SSSR count). The van der Waals surface area contributed by atoms with Gasteiger partial charge >= 0.3 is 0 Å². The van der Waals surface area contributed by atoms with Crippen LogP contribution in [-0.2, 0) is 9.59 Å². The van der Waals surface area contributed by atoms with Gasteiger partial charge in [-0.25, -0.2) is 5.43 Å². The van der Waals surface area contributed by atoms with Gasteiger partial charge in [-0.3, -0.25) is 9.59 Å². The fourth-order valence-electron chi connectivity index (χ4n) is 2.67. The Morgan fingerprint density at radius 3 is 2.57 bits per heavy atom. The highest BCUT2D eigenvalue weighted by molar-refractivity contribution is 14.1. The molecule has 0 fully saturated rings. The summed E-state index contributed by atoms with van der Waals surface area (Å²) >= 11 is 2.15. The van der Waals surface area contributed by atoms with Crippen LogP contribution in [-0.4, -0.2) is 31.7 Å². The Kier molecular flexibility index (Phi) is 9.10. The molecule has 0 heterocycles. The molecule has 0 bridgehead atoms. The zero-order valence-electron chi connectivity index (χ0n) is 17.5. The topological polar surface area (TPSA) is 89.0 Å². The van der Waals surface area contributed by atoms with E-state index < -0.39 is 0 Å². The fraction of sp³-hybridized carbons (Fsp3) is 0.318. The molecule has 2 aromatic rings. The van der Waals surface area contributed by atoms with Crippen molar-refractivity contribution < 1.29 is 19.1 Å². The third-order valence-electron chi connectivity index (χ3n) is 4.18. The van der Waals surface area contributed by atoms with E-state index in [2.05, 4.69) is 38.4 Å². The minimum Gasteiger partial charge on any atom is -0.492 e. The van der Waals surface area contributed by atoms with Crippen LogP contribution in [0.15, 0.2) is 35.4 Å². The van der Waals surface area contributed by atoms with Crippen LogP contribution in [0.1, 0.15) is 36.5 Å². The van der Waals surface area contributed by atoms with Crippen molar-refractivity contribution in [2.24, 2.45) is 5.10 Å². The molecule has 8 heteroatoms. The largest absolute Gasteiger partial charge is 0.492 e. The van der Waals surface area contributed by atoms with Crippen molar-refractivity contribution in [1.82, 2.24) is 5.43 Å². The molecule has 0 saturated carbocycles. The van der Waals surface area contributed by atoms with Crippen LogP contribution < -0.4 is 20.2 Å². The Hall–Kier alpha value is -2.62. The highest BCUT2D eigenvalue weighted by Crippen LogP contribution is 2.33. The normalized spacial score (nSPS) is 10.7. The smallest absolute Gasteiger partial charge is 0.240 e. The average Bonchev–Trinajstić information content (AvgIpc) is 2.69. The van der Waals surface area contributed by atoms with Gasteiger partial charge in [-0.2, -0.15) is 5.10 Å². The summed E-state index contributed by atoms with van der Waals surface area (Å²) in [6.07, 6.45) is 1.64. The first kappa shape index (κ1) is 23.7. The molecule has 0 aliphatic carbocycles. The van der Waals surface area contributed by atoms with Crippen molar-refractivity contribution in [3.8, 4) is 11.5 Å². The third-order valence-corrected chi connectivity index (χ3v) is 4.99. The number of rotatable bonds is 9. The van der Waals surface area contributed by atoms with E-state index in [1.165, 1.54) is 6.21 Å². The fourth-order valence-corrected chi connectivity index (χ4v) is 3.51. The summed E-state index contributed by atoms with van der Waals surface area (Å²) < 4.78 is 11.8. The number of nitrogens with one attached hydrogen (secondary N) is 2. The molecule has 7 nitrogen and oxygen atoms in total. The first-order valence-electron chi connectivity index (χ1n) is 9.53. The summed E-state index contributed by atoms with van der Waals surface area (Å²) in [7, 11) is 1.59. The third kappa shape index (κ3) is 7.01. The highest BCUT2D eigenvalue weighted by atomic mass is 127. The Labute approximate surface area is 190 Å². The number of carbonyl (C=O) groups is 2. The Morgan fingerprint density at radius 2 is 1.87 bits per heavy atom. The molecule has 0 aromatic heterocycles. The van der Waals surface area contributed by atoms with Gasteiger partial charge in [0.2, 0.25) is 11.8 Å². The van der Waals surface area contributed by atoms with E-state index in [1.807, 2.05) is 45.0 Å². The molecule has 2 amide bonds. The van der Waals surface area contributed by atoms with Gasteiger partial charge in [-0.15, -0.1) is 0 Å². The molecular formula is C22H26IN3O4. The number of ether oxygens (including phenoxy) is 2. The van der Waals surface area contributed by atoms with Gasteiger partial charge in [0.25, 0.3) is 0 Å². The van der Waals surface area contributed by atoms with E-state index in [-0.39, 0.29) is 24.7 Å². The van der Waals surface area contributed by atoms with Crippen LogP contribution in [0, 0.1) is 17.4 Å². The van der Waals surface area contributed by atoms with E-state index in [4.69, 9.17) is 9.47 Å². The maximum Gasteiger partial charge on any atom is 0.240 e. The van der Waals surface area contributed by atoms with Crippen molar-refractivity contribution in [3.05, 3.63) is 50.6 Å². The maximum absolute atomic E-state index is 12.1. The lowest BCUT2D eigenvalue weighted by atomic mass is 10.1. The molecule has 30 heavy (non-hydrogen) atoms. The summed E-state index contributed by atoms with van der Waals surface area (Å²) in [5, 5.41) is 6.81. The Balaban J connectivity index is 1.87. The van der Waals surface area contributed by atoms with Crippen molar-refractivity contribution in [2.75, 3.05) is 19.0 Å². The predicted molar refractivity (Wildman–Crippen MR) is 126 cm³/mol. The lowest BCUT2D eigenvalue weighted by molar-refractivity contribution is -0.124. The van der Waals surface area contributed by atoms with Crippen LogP contribution in [0.3, 0.4) is 0 Å². The number of aryl methyl sites for hydroxylation is 2. The monoisotopic (exact) mass is 523 g/mol. The van der Waals surface area contributed by atoms with Gasteiger partial charge in [0, 0.05) is 18.5 Å². The molecule has 0 spiro atoms. The second kappa shape index (κ2) is 11.5. The van der Waals surface area contributed by atoms with Crippen molar-refractivity contribution in [1.29, 1.82) is 0 Å². The lowest BCUT2D eigenvalue weighted by Crippen LogP contribution is -2.21. The summed E-state index contributed by atoms with van der Waals surface area (Å²) in [5.74, 6) is 0.723. The number of nitrogens with zero attached hydrogens (tertiary/aromatic N) is 1. The maximum atomic E-state index is 12.1. The number of halogens is 1. The zero-order valence-corrected chi connectivity index (χ0v) is 19.7. The van der Waals surface area contributed by atoms with E-state index in [0.29, 0.717) is 18.1 Å². The average molecular weight is 523 g/mol. The minimum atomic E-state index is -0.337. The van der Waals surface area contributed by atoms with Gasteiger partial charge in [-0.05, 0) is 78.3 Å². The number of anilines is 1. The van der Waals surface area contributed by atoms with E-state index in [9.17, 15) is 9.59 Å². The van der Waals surface area contributed by atoms with Gasteiger partial charge in [0.05, 0.1) is 23.5 Å². The lowest BCUT2D eigenvalue weighted by Gasteiger charge is -2.11. The Bertz CT molecular complexity index is 944. The first-order valence-corrected chi connectivity index (χ1v) is 10.6. The number of hydrazone groups is 1. The number of methoxy groups -OCH3 is 1. The summed E-state index contributed by atoms with van der Waals surface area (Å²) in [6.45, 7) is 6.28. The molecule has 0 radical (unpaired) electrons. The molecule has 0 saturated heterocycles. The second-order valence-corrected chi connectivity index (χ2v) is 7.79.